The van der Waals surface area contributed by atoms with Gasteiger partial charge >= 0.3 is 0 Å². The first-order chi connectivity index (χ1) is 7.24. The van der Waals surface area contributed by atoms with Gasteiger partial charge < -0.3 is 10.8 Å². The van der Waals surface area contributed by atoms with Crippen molar-refractivity contribution >= 4 is 5.82 Å². The van der Waals surface area contributed by atoms with Gasteiger partial charge in [0.2, 0.25) is 0 Å². The zero-order valence-corrected chi connectivity index (χ0v) is 8.51. The summed E-state index contributed by atoms with van der Waals surface area (Å²) in [5, 5.41) is 13.2. The summed E-state index contributed by atoms with van der Waals surface area (Å²) < 4.78 is 1.64. The van der Waals surface area contributed by atoms with Crippen LogP contribution in [0.3, 0.4) is 0 Å². The van der Waals surface area contributed by atoms with Gasteiger partial charge in [-0.3, -0.25) is 0 Å². The first-order valence-corrected chi connectivity index (χ1v) is 4.73. The van der Waals surface area contributed by atoms with Gasteiger partial charge in [0, 0.05) is 5.56 Å². The number of hydrogen-bond acceptors (Lipinski definition) is 3. The zero-order chi connectivity index (χ0) is 10.8. The molecule has 0 aliphatic heterocycles. The van der Waals surface area contributed by atoms with E-state index < -0.39 is 0 Å². The summed E-state index contributed by atoms with van der Waals surface area (Å²) in [5.74, 6) is 0.492. The average Bonchev–Trinajstić information content (AvgIpc) is 2.60. The molecule has 2 aromatic rings. The molecule has 78 valence electrons. The van der Waals surface area contributed by atoms with Gasteiger partial charge in [-0.1, -0.05) is 18.2 Å². The number of nitrogens with two attached hydrogens (primary N) is 1. The lowest BCUT2D eigenvalue weighted by Gasteiger charge is -2.07. The molecule has 0 fully saturated rings. The van der Waals surface area contributed by atoms with Crippen molar-refractivity contribution in [1.82, 2.24) is 9.78 Å². The van der Waals surface area contributed by atoms with Crippen LogP contribution in [0.2, 0.25) is 0 Å². The Labute approximate surface area is 88.0 Å². The van der Waals surface area contributed by atoms with Crippen molar-refractivity contribution < 1.29 is 5.11 Å². The molecular weight excluding hydrogens is 190 g/mol. The van der Waals surface area contributed by atoms with Crippen LogP contribution in [0.1, 0.15) is 11.1 Å². The fraction of sp³-hybridized carbons (Fsp3) is 0.182. The lowest BCUT2D eigenvalue weighted by molar-refractivity contribution is 0.282. The van der Waals surface area contributed by atoms with E-state index in [1.165, 1.54) is 0 Å². The van der Waals surface area contributed by atoms with Gasteiger partial charge in [-0.25, -0.2) is 4.68 Å². The van der Waals surface area contributed by atoms with Crippen LogP contribution < -0.4 is 5.73 Å². The third-order valence-corrected chi connectivity index (χ3v) is 2.40. The van der Waals surface area contributed by atoms with Crippen LogP contribution >= 0.6 is 0 Å². The van der Waals surface area contributed by atoms with E-state index in [4.69, 9.17) is 10.8 Å². The van der Waals surface area contributed by atoms with Crippen molar-refractivity contribution in [3.05, 3.63) is 41.6 Å². The second-order valence-electron chi connectivity index (χ2n) is 3.41. The van der Waals surface area contributed by atoms with Crippen molar-refractivity contribution in [2.75, 3.05) is 5.73 Å². The van der Waals surface area contributed by atoms with Crippen LogP contribution in [-0.2, 0) is 6.61 Å². The number of rotatable bonds is 2. The SMILES string of the molecule is Cc1ccccc1-n1ncc(CO)c1N. The summed E-state index contributed by atoms with van der Waals surface area (Å²) >= 11 is 0. The van der Waals surface area contributed by atoms with Crippen LogP contribution in [-0.4, -0.2) is 14.9 Å². The Hall–Kier alpha value is -1.81. The molecule has 1 aromatic carbocycles. The van der Waals surface area contributed by atoms with Crippen LogP contribution in [0.25, 0.3) is 5.69 Å². The van der Waals surface area contributed by atoms with E-state index >= 15 is 0 Å². The van der Waals surface area contributed by atoms with Gasteiger partial charge in [-0.2, -0.15) is 5.10 Å². The molecule has 0 aliphatic carbocycles. The molecule has 3 N–H and O–H groups in total. The largest absolute Gasteiger partial charge is 0.391 e. The molecule has 0 saturated carbocycles. The van der Waals surface area contributed by atoms with E-state index in [2.05, 4.69) is 5.10 Å². The Balaban J connectivity index is 2.55. The number of anilines is 1. The lowest BCUT2D eigenvalue weighted by Crippen LogP contribution is -2.04. The normalized spacial score (nSPS) is 10.5. The molecule has 0 unspecified atom stereocenters. The molecule has 0 atom stereocenters. The minimum absolute atomic E-state index is 0.0856. The summed E-state index contributed by atoms with van der Waals surface area (Å²) in [7, 11) is 0. The molecule has 4 nitrogen and oxygen atoms in total. The Morgan fingerprint density at radius 3 is 2.73 bits per heavy atom. The van der Waals surface area contributed by atoms with Crippen molar-refractivity contribution in [1.29, 1.82) is 0 Å². The summed E-state index contributed by atoms with van der Waals surface area (Å²) in [4.78, 5) is 0. The van der Waals surface area contributed by atoms with E-state index in [-0.39, 0.29) is 6.61 Å². The number of aliphatic hydroxyl groups excluding tert-OH is 1. The fourth-order valence-corrected chi connectivity index (χ4v) is 1.51. The van der Waals surface area contributed by atoms with Crippen molar-refractivity contribution in [2.45, 2.75) is 13.5 Å². The van der Waals surface area contributed by atoms with Gasteiger partial charge in [0.05, 0.1) is 18.5 Å². The van der Waals surface area contributed by atoms with Crippen molar-refractivity contribution in [3.8, 4) is 5.69 Å². The average molecular weight is 203 g/mol. The molecule has 0 radical (unpaired) electrons. The maximum Gasteiger partial charge on any atom is 0.132 e. The van der Waals surface area contributed by atoms with Crippen LogP contribution in [0.4, 0.5) is 5.82 Å². The van der Waals surface area contributed by atoms with Crippen molar-refractivity contribution in [3.63, 3.8) is 0 Å². The van der Waals surface area contributed by atoms with Crippen LogP contribution in [0.15, 0.2) is 30.5 Å². The minimum atomic E-state index is -0.0856. The van der Waals surface area contributed by atoms with E-state index in [0.717, 1.165) is 11.3 Å². The summed E-state index contributed by atoms with van der Waals surface area (Å²) in [6.07, 6.45) is 1.59. The second kappa shape index (κ2) is 3.74. The smallest absolute Gasteiger partial charge is 0.132 e. The summed E-state index contributed by atoms with van der Waals surface area (Å²) in [6.45, 7) is 1.91. The number of hydrogen-bond donors (Lipinski definition) is 2. The molecule has 15 heavy (non-hydrogen) atoms. The Kier molecular flexibility index (Phi) is 2.43. The Morgan fingerprint density at radius 1 is 1.40 bits per heavy atom. The topological polar surface area (TPSA) is 64.1 Å². The number of nitrogens with zero attached hydrogens (tertiary/aromatic N) is 2. The van der Waals surface area contributed by atoms with E-state index in [9.17, 15) is 0 Å². The maximum atomic E-state index is 9.01. The predicted molar refractivity (Wildman–Crippen MR) is 58.6 cm³/mol. The number of benzene rings is 1. The maximum absolute atomic E-state index is 9.01. The molecule has 0 amide bonds. The predicted octanol–water partition coefficient (Wildman–Crippen LogP) is 1.26. The van der Waals surface area contributed by atoms with Gasteiger partial charge in [0.15, 0.2) is 0 Å². The van der Waals surface area contributed by atoms with Crippen LogP contribution in [0.5, 0.6) is 0 Å². The lowest BCUT2D eigenvalue weighted by atomic mass is 10.2. The highest BCUT2D eigenvalue weighted by molar-refractivity contribution is 5.49. The Morgan fingerprint density at radius 2 is 2.13 bits per heavy atom. The summed E-state index contributed by atoms with van der Waals surface area (Å²) in [6, 6.07) is 7.84. The van der Waals surface area contributed by atoms with Crippen LogP contribution in [0, 0.1) is 6.92 Å². The van der Waals surface area contributed by atoms with Gasteiger partial charge in [0.25, 0.3) is 0 Å². The molecule has 2 rings (SSSR count). The standard InChI is InChI=1S/C11H13N3O/c1-8-4-2-3-5-10(8)14-11(12)9(7-15)6-13-14/h2-6,15H,7,12H2,1H3. The first-order valence-electron chi connectivity index (χ1n) is 4.73. The monoisotopic (exact) mass is 203 g/mol. The minimum Gasteiger partial charge on any atom is -0.391 e. The van der Waals surface area contributed by atoms with E-state index in [1.807, 2.05) is 31.2 Å². The highest BCUT2D eigenvalue weighted by atomic mass is 16.3. The highest BCUT2D eigenvalue weighted by Crippen LogP contribution is 2.19. The second-order valence-corrected chi connectivity index (χ2v) is 3.41. The molecule has 0 bridgehead atoms. The molecule has 0 spiro atoms. The van der Waals surface area contributed by atoms with E-state index in [1.54, 1.807) is 10.9 Å². The Bertz CT molecular complexity index is 476. The van der Waals surface area contributed by atoms with Gasteiger partial charge in [-0.15, -0.1) is 0 Å². The fourth-order valence-electron chi connectivity index (χ4n) is 1.51. The number of aliphatic hydroxyl groups is 1. The molecule has 0 saturated heterocycles. The van der Waals surface area contributed by atoms with Gasteiger partial charge in [0.1, 0.15) is 5.82 Å². The molecule has 1 heterocycles. The number of aryl methyl sites for hydroxylation is 1. The first kappa shape index (κ1) is 9.73. The highest BCUT2D eigenvalue weighted by Gasteiger charge is 2.08. The van der Waals surface area contributed by atoms with Gasteiger partial charge in [-0.05, 0) is 18.6 Å². The molecular formula is C11H13N3O. The summed E-state index contributed by atoms with van der Waals surface area (Å²) in [5.41, 5.74) is 8.54. The molecule has 1 aromatic heterocycles. The zero-order valence-electron chi connectivity index (χ0n) is 8.51. The number of para-hydroxylation sites is 1. The molecule has 4 heteroatoms. The third-order valence-electron chi connectivity index (χ3n) is 2.40. The quantitative estimate of drug-likeness (QED) is 0.772. The third kappa shape index (κ3) is 1.59. The number of aromatic nitrogens is 2. The molecule has 0 aliphatic rings. The number of nitrogen functional groups attached to an aromatic ring is 1. The van der Waals surface area contributed by atoms with E-state index in [0.29, 0.717) is 11.4 Å². The van der Waals surface area contributed by atoms with Crippen molar-refractivity contribution in [2.24, 2.45) is 0 Å².